The van der Waals surface area contributed by atoms with Crippen LogP contribution in [-0.2, 0) is 0 Å². The Kier molecular flexibility index (Phi) is 6.67. The molecule has 1 aromatic carbocycles. The highest BCUT2D eigenvalue weighted by Crippen LogP contribution is 2.16. The van der Waals surface area contributed by atoms with E-state index in [0.717, 1.165) is 12.1 Å². The molecule has 106 valence electrons. The van der Waals surface area contributed by atoms with Crippen LogP contribution in [0.5, 0.6) is 0 Å². The van der Waals surface area contributed by atoms with Gasteiger partial charge in [0, 0.05) is 17.6 Å². The van der Waals surface area contributed by atoms with E-state index in [-0.39, 0.29) is 0 Å². The molecule has 0 aromatic heterocycles. The van der Waals surface area contributed by atoms with Crippen molar-refractivity contribution in [3.05, 3.63) is 34.9 Å². The molecule has 0 aliphatic heterocycles. The van der Waals surface area contributed by atoms with Crippen molar-refractivity contribution in [2.75, 3.05) is 13.1 Å². The van der Waals surface area contributed by atoms with Gasteiger partial charge >= 0.3 is 0 Å². The molecule has 1 rings (SSSR count). The van der Waals surface area contributed by atoms with Crippen LogP contribution in [0, 0.1) is 0 Å². The van der Waals surface area contributed by atoms with Gasteiger partial charge in [-0.3, -0.25) is 4.99 Å². The number of aliphatic hydroxyl groups is 1. The quantitative estimate of drug-likeness (QED) is 0.574. The molecule has 0 radical (unpaired) electrons. The molecule has 0 aliphatic rings. The molecule has 1 atom stereocenters. The molecule has 0 amide bonds. The Labute approximate surface area is 119 Å². The van der Waals surface area contributed by atoms with Crippen LogP contribution in [-0.4, -0.2) is 30.2 Å². The van der Waals surface area contributed by atoms with Crippen LogP contribution in [0.25, 0.3) is 0 Å². The van der Waals surface area contributed by atoms with Gasteiger partial charge in [-0.05, 0) is 38.5 Å². The number of aliphatic hydroxyl groups excluding tert-OH is 1. The monoisotopic (exact) mass is 283 g/mol. The first-order valence-electron chi connectivity index (χ1n) is 6.51. The molecule has 19 heavy (non-hydrogen) atoms. The second-order valence-corrected chi connectivity index (χ2v) is 5.02. The maximum atomic E-state index is 10.1. The Morgan fingerprint density at radius 1 is 1.32 bits per heavy atom. The Bertz CT molecular complexity index is 404. The molecule has 0 aliphatic carbocycles. The average molecular weight is 284 g/mol. The van der Waals surface area contributed by atoms with E-state index in [1.165, 1.54) is 0 Å². The summed E-state index contributed by atoms with van der Waals surface area (Å²) in [6.07, 6.45) is -0.625. The van der Waals surface area contributed by atoms with Gasteiger partial charge in [0.15, 0.2) is 5.96 Å². The number of halogens is 1. The van der Waals surface area contributed by atoms with E-state index in [1.54, 1.807) is 12.1 Å². The summed E-state index contributed by atoms with van der Waals surface area (Å²) in [4.78, 5) is 4.36. The summed E-state index contributed by atoms with van der Waals surface area (Å²) in [5.41, 5.74) is 0.813. The maximum absolute atomic E-state index is 10.1. The van der Waals surface area contributed by atoms with Crippen molar-refractivity contribution in [3.63, 3.8) is 0 Å². The Morgan fingerprint density at radius 2 is 1.95 bits per heavy atom. The van der Waals surface area contributed by atoms with Crippen molar-refractivity contribution < 1.29 is 5.11 Å². The molecular weight excluding hydrogens is 262 g/mol. The minimum atomic E-state index is -0.625. The molecule has 0 spiro atoms. The van der Waals surface area contributed by atoms with Crippen molar-refractivity contribution in [1.82, 2.24) is 10.6 Å². The van der Waals surface area contributed by atoms with Crippen molar-refractivity contribution >= 4 is 17.6 Å². The summed E-state index contributed by atoms with van der Waals surface area (Å²) in [7, 11) is 0. The van der Waals surface area contributed by atoms with Gasteiger partial charge in [0.2, 0.25) is 0 Å². The molecule has 3 N–H and O–H groups in total. The van der Waals surface area contributed by atoms with Crippen LogP contribution in [0.3, 0.4) is 0 Å². The fourth-order valence-electron chi connectivity index (χ4n) is 1.56. The summed E-state index contributed by atoms with van der Waals surface area (Å²) in [5.74, 6) is 0.713. The molecule has 4 nitrogen and oxygen atoms in total. The van der Waals surface area contributed by atoms with Gasteiger partial charge in [-0.15, -0.1) is 0 Å². The minimum absolute atomic E-state index is 0.297. The van der Waals surface area contributed by atoms with E-state index in [1.807, 2.05) is 32.9 Å². The first-order chi connectivity index (χ1) is 9.02. The molecule has 0 fully saturated rings. The van der Waals surface area contributed by atoms with Gasteiger partial charge in [-0.25, -0.2) is 0 Å². The number of nitrogens with zero attached hydrogens (tertiary/aromatic N) is 1. The Balaban J connectivity index is 2.63. The molecule has 0 heterocycles. The summed E-state index contributed by atoms with van der Waals surface area (Å²) in [5, 5.41) is 17.1. The largest absolute Gasteiger partial charge is 0.386 e. The van der Waals surface area contributed by atoms with Crippen LogP contribution in [0.1, 0.15) is 32.4 Å². The summed E-state index contributed by atoms with van der Waals surface area (Å²) < 4.78 is 0. The van der Waals surface area contributed by atoms with Gasteiger partial charge in [-0.1, -0.05) is 23.7 Å². The van der Waals surface area contributed by atoms with E-state index < -0.39 is 6.10 Å². The highest BCUT2D eigenvalue weighted by atomic mass is 35.5. The predicted molar refractivity (Wildman–Crippen MR) is 80.7 cm³/mol. The molecule has 5 heteroatoms. The topological polar surface area (TPSA) is 56.7 Å². The number of nitrogens with one attached hydrogen (secondary N) is 2. The fourth-order valence-corrected chi connectivity index (χ4v) is 1.69. The zero-order valence-corrected chi connectivity index (χ0v) is 12.4. The summed E-state index contributed by atoms with van der Waals surface area (Å²) in [6.45, 7) is 7.19. The maximum Gasteiger partial charge on any atom is 0.191 e. The second kappa shape index (κ2) is 8.02. The third kappa shape index (κ3) is 5.94. The van der Waals surface area contributed by atoms with E-state index in [0.29, 0.717) is 23.6 Å². The van der Waals surface area contributed by atoms with Crippen molar-refractivity contribution in [2.45, 2.75) is 32.9 Å². The lowest BCUT2D eigenvalue weighted by Crippen LogP contribution is -2.41. The van der Waals surface area contributed by atoms with Gasteiger partial charge in [-0.2, -0.15) is 0 Å². The number of hydrogen-bond donors (Lipinski definition) is 3. The Morgan fingerprint density at radius 3 is 2.47 bits per heavy atom. The molecule has 0 saturated carbocycles. The zero-order chi connectivity index (χ0) is 14.3. The third-order valence-electron chi connectivity index (χ3n) is 2.45. The van der Waals surface area contributed by atoms with Crippen LogP contribution >= 0.6 is 11.6 Å². The predicted octanol–water partition coefficient (Wildman–Crippen LogP) is 2.34. The van der Waals surface area contributed by atoms with Crippen molar-refractivity contribution in [1.29, 1.82) is 0 Å². The van der Waals surface area contributed by atoms with Gasteiger partial charge in [0.25, 0.3) is 0 Å². The first kappa shape index (κ1) is 15.8. The molecule has 0 bridgehead atoms. The number of benzene rings is 1. The molecule has 1 aromatic rings. The lowest BCUT2D eigenvalue weighted by Gasteiger charge is -2.15. The number of hydrogen-bond acceptors (Lipinski definition) is 2. The fraction of sp³-hybridized carbons (Fsp3) is 0.500. The smallest absolute Gasteiger partial charge is 0.191 e. The number of aliphatic imine (C=N–C) groups is 1. The zero-order valence-electron chi connectivity index (χ0n) is 11.7. The lowest BCUT2D eigenvalue weighted by atomic mass is 10.1. The number of guanidine groups is 1. The van der Waals surface area contributed by atoms with Gasteiger partial charge in [0.05, 0.1) is 12.6 Å². The third-order valence-corrected chi connectivity index (χ3v) is 2.70. The molecule has 1 unspecified atom stereocenters. The van der Waals surface area contributed by atoms with E-state index in [9.17, 15) is 5.11 Å². The van der Waals surface area contributed by atoms with Crippen LogP contribution in [0.2, 0.25) is 5.02 Å². The van der Waals surface area contributed by atoms with Crippen molar-refractivity contribution in [3.8, 4) is 0 Å². The summed E-state index contributed by atoms with van der Waals surface area (Å²) in [6, 6.07) is 7.45. The van der Waals surface area contributed by atoms with Crippen LogP contribution < -0.4 is 10.6 Å². The van der Waals surface area contributed by atoms with E-state index >= 15 is 0 Å². The first-order valence-corrected chi connectivity index (χ1v) is 6.89. The second-order valence-electron chi connectivity index (χ2n) is 4.59. The van der Waals surface area contributed by atoms with Gasteiger partial charge < -0.3 is 15.7 Å². The van der Waals surface area contributed by atoms with Crippen LogP contribution in [0.4, 0.5) is 0 Å². The van der Waals surface area contributed by atoms with E-state index in [2.05, 4.69) is 15.6 Å². The SMILES string of the molecule is CCNC(=NCC(O)c1ccc(Cl)cc1)NC(C)C. The standard InChI is InChI=1S/C14H22ClN3O/c1-4-16-14(18-10(2)3)17-9-13(19)11-5-7-12(15)8-6-11/h5-8,10,13,19H,4,9H2,1-3H3,(H2,16,17,18). The van der Waals surface area contributed by atoms with Gasteiger partial charge in [0.1, 0.15) is 0 Å². The highest BCUT2D eigenvalue weighted by molar-refractivity contribution is 6.30. The average Bonchev–Trinajstić information content (AvgIpc) is 2.36. The Hall–Kier alpha value is -1.26. The molecule has 0 saturated heterocycles. The normalized spacial score (nSPS) is 13.5. The highest BCUT2D eigenvalue weighted by Gasteiger charge is 2.07. The van der Waals surface area contributed by atoms with Crippen molar-refractivity contribution in [2.24, 2.45) is 4.99 Å². The number of rotatable bonds is 5. The lowest BCUT2D eigenvalue weighted by molar-refractivity contribution is 0.187. The van der Waals surface area contributed by atoms with E-state index in [4.69, 9.17) is 11.6 Å². The van der Waals surface area contributed by atoms with Crippen LogP contribution in [0.15, 0.2) is 29.3 Å². The molecular formula is C14H22ClN3O. The summed E-state index contributed by atoms with van der Waals surface area (Å²) >= 11 is 5.81. The minimum Gasteiger partial charge on any atom is -0.386 e.